The Hall–Kier alpha value is -0.300. The summed E-state index contributed by atoms with van der Waals surface area (Å²) in [6.07, 6.45) is 3.40. The van der Waals surface area contributed by atoms with E-state index >= 15 is 0 Å². The van der Waals surface area contributed by atoms with Crippen molar-refractivity contribution in [2.45, 2.75) is 40.2 Å². The van der Waals surface area contributed by atoms with Crippen molar-refractivity contribution >= 4 is 0 Å². The van der Waals surface area contributed by atoms with Gasteiger partial charge in [0.25, 0.3) is 0 Å². The number of rotatable bonds is 2. The van der Waals surface area contributed by atoms with Crippen LogP contribution < -0.4 is 0 Å². The van der Waals surface area contributed by atoms with Gasteiger partial charge >= 0.3 is 0 Å². The van der Waals surface area contributed by atoms with Crippen LogP contribution in [-0.4, -0.2) is 24.0 Å². The predicted molar refractivity (Wildman–Crippen MR) is 58.8 cm³/mol. The van der Waals surface area contributed by atoms with Crippen LogP contribution in [0.5, 0.6) is 0 Å². The minimum atomic E-state index is 0.481. The lowest BCUT2D eigenvalue weighted by Crippen LogP contribution is -2.47. The molecule has 0 aliphatic carbocycles. The van der Waals surface area contributed by atoms with Crippen LogP contribution in [0.2, 0.25) is 0 Å². The molecule has 0 radical (unpaired) electrons. The standard InChI is InChI=1S/C12H23N/c1-6-11(3)13-8-10(2)7-12(4,5)9-13/h6,10-11H,1,7-9H2,2-5H3. The molecule has 0 spiro atoms. The Morgan fingerprint density at radius 3 is 2.62 bits per heavy atom. The smallest absolute Gasteiger partial charge is 0.0247 e. The molecule has 13 heavy (non-hydrogen) atoms. The fourth-order valence-electron chi connectivity index (χ4n) is 2.55. The topological polar surface area (TPSA) is 3.24 Å². The summed E-state index contributed by atoms with van der Waals surface area (Å²) in [7, 11) is 0. The highest BCUT2D eigenvalue weighted by Crippen LogP contribution is 2.32. The van der Waals surface area contributed by atoms with Gasteiger partial charge in [-0.3, -0.25) is 4.90 Å². The molecule has 1 aliphatic rings. The van der Waals surface area contributed by atoms with Crippen LogP contribution in [0.4, 0.5) is 0 Å². The van der Waals surface area contributed by atoms with Crippen molar-refractivity contribution in [2.24, 2.45) is 11.3 Å². The van der Waals surface area contributed by atoms with Gasteiger partial charge in [0.15, 0.2) is 0 Å². The maximum absolute atomic E-state index is 3.87. The number of piperidine rings is 1. The average molecular weight is 181 g/mol. The molecule has 0 aromatic carbocycles. The molecule has 1 aliphatic heterocycles. The average Bonchev–Trinajstić information content (AvgIpc) is 1.99. The predicted octanol–water partition coefficient (Wildman–Crippen LogP) is 2.93. The van der Waals surface area contributed by atoms with Gasteiger partial charge in [-0.25, -0.2) is 0 Å². The van der Waals surface area contributed by atoms with E-state index < -0.39 is 0 Å². The zero-order chi connectivity index (χ0) is 10.1. The highest BCUT2D eigenvalue weighted by molar-refractivity contribution is 4.91. The van der Waals surface area contributed by atoms with E-state index in [1.165, 1.54) is 19.5 Å². The third-order valence-electron chi connectivity index (χ3n) is 3.00. The third kappa shape index (κ3) is 2.84. The van der Waals surface area contributed by atoms with Gasteiger partial charge in [-0.1, -0.05) is 26.8 Å². The molecule has 0 bridgehead atoms. The molecule has 0 aromatic heterocycles. The molecule has 0 aromatic rings. The summed E-state index contributed by atoms with van der Waals surface area (Å²) in [5.74, 6) is 0.825. The summed E-state index contributed by atoms with van der Waals surface area (Å²) >= 11 is 0. The fraction of sp³-hybridized carbons (Fsp3) is 0.833. The summed E-state index contributed by atoms with van der Waals surface area (Å²) in [5, 5.41) is 0. The van der Waals surface area contributed by atoms with E-state index in [1.807, 2.05) is 6.08 Å². The Bertz CT molecular complexity index is 184. The second-order valence-electron chi connectivity index (χ2n) is 5.38. The van der Waals surface area contributed by atoms with E-state index in [-0.39, 0.29) is 0 Å². The lowest BCUT2D eigenvalue weighted by Gasteiger charge is -2.43. The Morgan fingerprint density at radius 2 is 2.15 bits per heavy atom. The Balaban J connectivity index is 2.62. The second kappa shape index (κ2) is 3.83. The van der Waals surface area contributed by atoms with Crippen molar-refractivity contribution in [3.05, 3.63) is 12.7 Å². The van der Waals surface area contributed by atoms with Crippen molar-refractivity contribution in [3.63, 3.8) is 0 Å². The summed E-state index contributed by atoms with van der Waals surface area (Å²) in [4.78, 5) is 2.54. The molecule has 1 fully saturated rings. The Morgan fingerprint density at radius 1 is 1.54 bits per heavy atom. The van der Waals surface area contributed by atoms with Gasteiger partial charge in [-0.05, 0) is 24.7 Å². The largest absolute Gasteiger partial charge is 0.296 e. The molecular formula is C12H23N. The number of hydrogen-bond donors (Lipinski definition) is 0. The van der Waals surface area contributed by atoms with Gasteiger partial charge in [0.2, 0.25) is 0 Å². The van der Waals surface area contributed by atoms with Crippen LogP contribution in [0.25, 0.3) is 0 Å². The van der Waals surface area contributed by atoms with E-state index in [0.717, 1.165) is 5.92 Å². The first-order chi connectivity index (χ1) is 5.94. The molecule has 0 N–H and O–H groups in total. The van der Waals surface area contributed by atoms with Gasteiger partial charge < -0.3 is 0 Å². The molecule has 2 unspecified atom stereocenters. The summed E-state index contributed by atoms with van der Waals surface area (Å²) in [6, 6.07) is 0.530. The van der Waals surface area contributed by atoms with Crippen molar-refractivity contribution in [1.29, 1.82) is 0 Å². The molecule has 1 rings (SSSR count). The highest BCUT2D eigenvalue weighted by Gasteiger charge is 2.31. The lowest BCUT2D eigenvalue weighted by molar-refractivity contribution is 0.0652. The molecule has 0 amide bonds. The SMILES string of the molecule is C=CC(C)N1CC(C)CC(C)(C)C1. The van der Waals surface area contributed by atoms with Gasteiger partial charge in [0, 0.05) is 19.1 Å². The van der Waals surface area contributed by atoms with E-state index in [9.17, 15) is 0 Å². The van der Waals surface area contributed by atoms with Crippen molar-refractivity contribution < 1.29 is 0 Å². The molecule has 0 saturated carbocycles. The summed E-state index contributed by atoms with van der Waals surface area (Å²) in [6.45, 7) is 15.6. The van der Waals surface area contributed by atoms with Gasteiger partial charge in [-0.15, -0.1) is 6.58 Å². The molecule has 76 valence electrons. The van der Waals surface area contributed by atoms with Crippen molar-refractivity contribution in [2.75, 3.05) is 13.1 Å². The Labute approximate surface area is 82.8 Å². The first kappa shape index (κ1) is 10.8. The zero-order valence-electron chi connectivity index (χ0n) is 9.51. The minimum Gasteiger partial charge on any atom is -0.296 e. The normalized spacial score (nSPS) is 31.2. The maximum atomic E-state index is 3.87. The lowest BCUT2D eigenvalue weighted by atomic mass is 9.79. The molecular weight excluding hydrogens is 158 g/mol. The van der Waals surface area contributed by atoms with Crippen LogP contribution in [0.1, 0.15) is 34.1 Å². The first-order valence-corrected chi connectivity index (χ1v) is 5.31. The highest BCUT2D eigenvalue weighted by atomic mass is 15.2. The maximum Gasteiger partial charge on any atom is 0.0247 e. The van der Waals surface area contributed by atoms with Crippen LogP contribution in [-0.2, 0) is 0 Å². The fourth-order valence-corrected chi connectivity index (χ4v) is 2.55. The molecule has 1 heterocycles. The monoisotopic (exact) mass is 181 g/mol. The third-order valence-corrected chi connectivity index (χ3v) is 3.00. The first-order valence-electron chi connectivity index (χ1n) is 5.31. The molecule has 1 nitrogen and oxygen atoms in total. The van der Waals surface area contributed by atoms with Gasteiger partial charge in [0.05, 0.1) is 0 Å². The van der Waals surface area contributed by atoms with E-state index in [2.05, 4.69) is 39.2 Å². The molecule has 1 saturated heterocycles. The Kier molecular flexibility index (Phi) is 3.18. The van der Waals surface area contributed by atoms with Crippen molar-refractivity contribution in [3.8, 4) is 0 Å². The minimum absolute atomic E-state index is 0.481. The zero-order valence-corrected chi connectivity index (χ0v) is 9.51. The molecule has 1 heteroatoms. The van der Waals surface area contributed by atoms with Crippen LogP contribution in [0, 0.1) is 11.3 Å². The van der Waals surface area contributed by atoms with E-state index in [0.29, 0.717) is 11.5 Å². The number of likely N-dealkylation sites (tertiary alicyclic amines) is 1. The molecule has 2 atom stereocenters. The number of nitrogens with zero attached hydrogens (tertiary/aromatic N) is 1. The summed E-state index contributed by atoms with van der Waals surface area (Å²) < 4.78 is 0. The van der Waals surface area contributed by atoms with Crippen LogP contribution >= 0.6 is 0 Å². The quantitative estimate of drug-likeness (QED) is 0.592. The van der Waals surface area contributed by atoms with Gasteiger partial charge in [0.1, 0.15) is 0 Å². The van der Waals surface area contributed by atoms with E-state index in [4.69, 9.17) is 0 Å². The van der Waals surface area contributed by atoms with Gasteiger partial charge in [-0.2, -0.15) is 0 Å². The number of hydrogen-bond acceptors (Lipinski definition) is 1. The van der Waals surface area contributed by atoms with Crippen LogP contribution in [0.15, 0.2) is 12.7 Å². The van der Waals surface area contributed by atoms with Crippen molar-refractivity contribution in [1.82, 2.24) is 4.90 Å². The van der Waals surface area contributed by atoms with Crippen LogP contribution in [0.3, 0.4) is 0 Å². The van der Waals surface area contributed by atoms with E-state index in [1.54, 1.807) is 0 Å². The second-order valence-corrected chi connectivity index (χ2v) is 5.38. The summed E-state index contributed by atoms with van der Waals surface area (Å²) in [5.41, 5.74) is 0.481.